The van der Waals surface area contributed by atoms with Gasteiger partial charge in [0.25, 0.3) is 0 Å². The van der Waals surface area contributed by atoms with E-state index in [1.807, 2.05) is 0 Å². The van der Waals surface area contributed by atoms with Crippen LogP contribution in [0.5, 0.6) is 0 Å². The van der Waals surface area contributed by atoms with Gasteiger partial charge in [-0.2, -0.15) is 0 Å². The lowest BCUT2D eigenvalue weighted by Gasteiger charge is -2.06. The minimum Gasteiger partial charge on any atom is -0.465 e. The first-order chi connectivity index (χ1) is 12.2. The minimum absolute atomic E-state index is 0.00778. The lowest BCUT2D eigenvalue weighted by Crippen LogP contribution is -2.19. The summed E-state index contributed by atoms with van der Waals surface area (Å²) in [4.78, 5) is 11.1. The van der Waals surface area contributed by atoms with E-state index in [2.05, 4.69) is 5.32 Å². The van der Waals surface area contributed by atoms with Crippen LogP contribution in [-0.2, 0) is 26.2 Å². The van der Waals surface area contributed by atoms with Crippen molar-refractivity contribution in [1.82, 2.24) is 5.32 Å². The van der Waals surface area contributed by atoms with Crippen LogP contribution in [0.2, 0.25) is 0 Å². The molecule has 142 valence electrons. The highest BCUT2D eigenvalue weighted by atomic mass is 32.2. The third kappa shape index (κ3) is 4.81. The van der Waals surface area contributed by atoms with Crippen molar-refractivity contribution >= 4 is 37.1 Å². The number of carbonyl (C=O) groups is 1. The molecule has 4 N–H and O–H groups in total. The predicted molar refractivity (Wildman–Crippen MR) is 96.8 cm³/mol. The Morgan fingerprint density at radius 2 is 1.65 bits per heavy atom. The molecule has 1 aromatic heterocycles. The van der Waals surface area contributed by atoms with Crippen molar-refractivity contribution in [3.05, 3.63) is 41.3 Å². The van der Waals surface area contributed by atoms with Gasteiger partial charge in [0.2, 0.25) is 9.84 Å². The highest BCUT2D eigenvalue weighted by Gasteiger charge is 2.21. The summed E-state index contributed by atoms with van der Waals surface area (Å²) in [6, 6.07) is 7.95. The lowest BCUT2D eigenvalue weighted by atomic mass is 10.4. The first kappa shape index (κ1) is 20.4. The summed E-state index contributed by atoms with van der Waals surface area (Å²) < 4.78 is 49.5. The van der Waals surface area contributed by atoms with E-state index in [0.717, 1.165) is 11.3 Å². The van der Waals surface area contributed by atoms with E-state index in [0.29, 0.717) is 11.3 Å². The van der Waals surface area contributed by atoms with E-state index >= 15 is 0 Å². The Hall–Kier alpha value is -1.95. The SMILES string of the molecule is NCCCS(=O)(=O)c1ccc(S(=O)(=O)c2ccc(CNC(=O)O)s2)cc1. The third-order valence-corrected chi connectivity index (χ3v) is 8.59. The van der Waals surface area contributed by atoms with Crippen LogP contribution in [-0.4, -0.2) is 40.3 Å². The average molecular weight is 419 g/mol. The van der Waals surface area contributed by atoms with Gasteiger partial charge < -0.3 is 16.2 Å². The van der Waals surface area contributed by atoms with Gasteiger partial charge in [-0.1, -0.05) is 0 Å². The lowest BCUT2D eigenvalue weighted by molar-refractivity contribution is 0.194. The Labute approximate surface area is 155 Å². The molecule has 1 amide bonds. The Bertz CT molecular complexity index is 979. The molecule has 0 aliphatic heterocycles. The van der Waals surface area contributed by atoms with Gasteiger partial charge in [-0.25, -0.2) is 21.6 Å². The summed E-state index contributed by atoms with van der Waals surface area (Å²) in [6.07, 6.45) is -0.876. The van der Waals surface area contributed by atoms with E-state index in [1.54, 1.807) is 0 Å². The standard InChI is InChI=1S/C15H18N2O6S3/c16-8-1-9-25(20,21)12-3-5-13(6-4-12)26(22,23)14-7-2-11(24-14)10-17-15(18)19/h2-7,17H,1,8-10,16H2,(H,18,19). The molecule has 0 spiro atoms. The zero-order valence-corrected chi connectivity index (χ0v) is 16.0. The summed E-state index contributed by atoms with van der Waals surface area (Å²) >= 11 is 0.952. The van der Waals surface area contributed by atoms with E-state index in [-0.39, 0.29) is 32.8 Å². The van der Waals surface area contributed by atoms with Crippen molar-refractivity contribution in [1.29, 1.82) is 0 Å². The van der Waals surface area contributed by atoms with Crippen LogP contribution < -0.4 is 11.1 Å². The van der Waals surface area contributed by atoms with Gasteiger partial charge in [-0.05, 0) is 49.4 Å². The van der Waals surface area contributed by atoms with E-state index < -0.39 is 25.8 Å². The fraction of sp³-hybridized carbons (Fsp3) is 0.267. The minimum atomic E-state index is -3.81. The summed E-state index contributed by atoms with van der Waals surface area (Å²) in [5, 5.41) is 10.7. The number of nitrogens with two attached hydrogens (primary N) is 1. The second-order valence-electron chi connectivity index (χ2n) is 5.32. The largest absolute Gasteiger partial charge is 0.465 e. The molecular formula is C15H18N2O6S3. The van der Waals surface area contributed by atoms with Crippen LogP contribution in [0, 0.1) is 0 Å². The Balaban J connectivity index is 2.23. The van der Waals surface area contributed by atoms with E-state index in [1.165, 1.54) is 36.4 Å². The molecule has 0 radical (unpaired) electrons. The van der Waals surface area contributed by atoms with Crippen LogP contribution in [0.4, 0.5) is 4.79 Å². The van der Waals surface area contributed by atoms with Crippen molar-refractivity contribution in [3.63, 3.8) is 0 Å². The van der Waals surface area contributed by atoms with Crippen LogP contribution in [0.15, 0.2) is 50.4 Å². The van der Waals surface area contributed by atoms with Crippen LogP contribution in [0.3, 0.4) is 0 Å². The van der Waals surface area contributed by atoms with Crippen LogP contribution >= 0.6 is 11.3 Å². The number of carboxylic acid groups (broad SMARTS) is 1. The number of sulfone groups is 2. The number of hydrogen-bond donors (Lipinski definition) is 3. The van der Waals surface area contributed by atoms with E-state index in [4.69, 9.17) is 10.8 Å². The second kappa shape index (κ2) is 8.16. The Morgan fingerprint density at radius 1 is 1.04 bits per heavy atom. The monoisotopic (exact) mass is 418 g/mol. The number of amides is 1. The first-order valence-corrected chi connectivity index (χ1v) is 11.5. The van der Waals surface area contributed by atoms with Gasteiger partial charge in [0, 0.05) is 4.88 Å². The highest BCUT2D eigenvalue weighted by molar-refractivity contribution is 7.93. The highest BCUT2D eigenvalue weighted by Crippen LogP contribution is 2.28. The molecule has 11 heteroatoms. The molecule has 0 fully saturated rings. The summed E-state index contributed by atoms with van der Waals surface area (Å²) in [7, 11) is -7.30. The Morgan fingerprint density at radius 3 is 2.23 bits per heavy atom. The molecule has 1 aromatic carbocycles. The molecule has 2 aromatic rings. The van der Waals surface area contributed by atoms with Crippen molar-refractivity contribution in [2.75, 3.05) is 12.3 Å². The first-order valence-electron chi connectivity index (χ1n) is 7.50. The van der Waals surface area contributed by atoms with Crippen molar-refractivity contribution in [2.24, 2.45) is 5.73 Å². The second-order valence-corrected chi connectivity index (χ2v) is 10.8. The molecular weight excluding hydrogens is 400 g/mol. The molecule has 2 rings (SSSR count). The number of thiophene rings is 1. The number of hydrogen-bond acceptors (Lipinski definition) is 7. The molecule has 0 bridgehead atoms. The van der Waals surface area contributed by atoms with Crippen molar-refractivity contribution < 1.29 is 26.7 Å². The fourth-order valence-electron chi connectivity index (χ4n) is 2.09. The summed E-state index contributed by atoms with van der Waals surface area (Å²) in [6.45, 7) is 0.261. The van der Waals surface area contributed by atoms with Crippen LogP contribution in [0.1, 0.15) is 11.3 Å². The van der Waals surface area contributed by atoms with Crippen molar-refractivity contribution in [3.8, 4) is 0 Å². The number of benzene rings is 1. The van der Waals surface area contributed by atoms with Crippen LogP contribution in [0.25, 0.3) is 0 Å². The maximum absolute atomic E-state index is 12.6. The maximum Gasteiger partial charge on any atom is 0.404 e. The smallest absolute Gasteiger partial charge is 0.404 e. The normalized spacial score (nSPS) is 12.0. The number of nitrogens with one attached hydrogen (secondary N) is 1. The van der Waals surface area contributed by atoms with Gasteiger partial charge in [0.05, 0.1) is 22.1 Å². The number of rotatable bonds is 8. The van der Waals surface area contributed by atoms with Gasteiger partial charge in [0.15, 0.2) is 9.84 Å². The fourth-order valence-corrected chi connectivity index (χ4v) is 6.12. The molecule has 8 nitrogen and oxygen atoms in total. The molecule has 26 heavy (non-hydrogen) atoms. The zero-order valence-electron chi connectivity index (χ0n) is 13.6. The zero-order chi connectivity index (χ0) is 19.4. The Kier molecular flexibility index (Phi) is 6.39. The van der Waals surface area contributed by atoms with Gasteiger partial charge >= 0.3 is 6.09 Å². The summed E-state index contributed by atoms with van der Waals surface area (Å²) in [5.41, 5.74) is 5.32. The molecule has 0 aliphatic rings. The maximum atomic E-state index is 12.6. The van der Waals surface area contributed by atoms with Gasteiger partial charge in [-0.3, -0.25) is 0 Å². The average Bonchev–Trinajstić information content (AvgIpc) is 3.08. The summed E-state index contributed by atoms with van der Waals surface area (Å²) in [5.74, 6) is -0.0968. The van der Waals surface area contributed by atoms with Gasteiger partial charge in [0.1, 0.15) is 4.21 Å². The topological polar surface area (TPSA) is 144 Å². The third-order valence-electron chi connectivity index (χ3n) is 3.43. The molecule has 1 heterocycles. The molecule has 0 atom stereocenters. The molecule has 0 unspecified atom stereocenters. The quantitative estimate of drug-likeness (QED) is 0.589. The van der Waals surface area contributed by atoms with Crippen molar-refractivity contribution in [2.45, 2.75) is 27.0 Å². The molecule has 0 saturated heterocycles. The molecule has 0 saturated carbocycles. The predicted octanol–water partition coefficient (Wildman–Crippen LogP) is 1.47. The molecule has 0 aliphatic carbocycles. The van der Waals surface area contributed by atoms with Gasteiger partial charge in [-0.15, -0.1) is 11.3 Å². The van der Waals surface area contributed by atoms with E-state index in [9.17, 15) is 21.6 Å².